The van der Waals surface area contributed by atoms with Gasteiger partial charge in [0, 0.05) is 18.8 Å². The molecule has 1 atom stereocenters. The van der Waals surface area contributed by atoms with E-state index in [2.05, 4.69) is 4.98 Å². The van der Waals surface area contributed by atoms with Gasteiger partial charge in [-0.05, 0) is 18.1 Å². The summed E-state index contributed by atoms with van der Waals surface area (Å²) < 4.78 is 0. The predicted molar refractivity (Wildman–Crippen MR) is 44.4 cm³/mol. The van der Waals surface area contributed by atoms with Crippen molar-refractivity contribution in [3.8, 4) is 0 Å². The van der Waals surface area contributed by atoms with E-state index in [0.717, 1.165) is 5.56 Å². The third kappa shape index (κ3) is 2.22. The second-order valence-electron chi connectivity index (χ2n) is 2.40. The summed E-state index contributed by atoms with van der Waals surface area (Å²) in [4.78, 5) is 2.81. The molecule has 0 amide bonds. The lowest BCUT2D eigenvalue weighted by Crippen LogP contribution is -2.10. The second kappa shape index (κ2) is 3.76. The van der Waals surface area contributed by atoms with Crippen molar-refractivity contribution in [2.75, 3.05) is 6.61 Å². The van der Waals surface area contributed by atoms with Crippen molar-refractivity contribution in [1.82, 2.24) is 4.98 Å². The highest BCUT2D eigenvalue weighted by atomic mass is 35.5. The quantitative estimate of drug-likeness (QED) is 0.642. The van der Waals surface area contributed by atoms with E-state index < -0.39 is 0 Å². The number of aromatic nitrogens is 1. The van der Waals surface area contributed by atoms with Crippen LogP contribution in [0.4, 0.5) is 0 Å². The van der Waals surface area contributed by atoms with Gasteiger partial charge in [0.1, 0.15) is 5.15 Å². The van der Waals surface area contributed by atoms with Crippen molar-refractivity contribution in [1.29, 1.82) is 0 Å². The number of hydrogen-bond acceptors (Lipinski definition) is 2. The molecule has 1 rings (SSSR count). The molecule has 11 heavy (non-hydrogen) atoms. The van der Waals surface area contributed by atoms with Crippen LogP contribution < -0.4 is 5.73 Å². The molecular formula is C7H11ClN2O. The average molecular weight is 175 g/mol. The highest BCUT2D eigenvalue weighted by molar-refractivity contribution is 6.29. The molecular weight excluding hydrogens is 164 g/mol. The summed E-state index contributed by atoms with van der Waals surface area (Å²) in [6, 6.07) is 1.64. The topological polar surface area (TPSA) is 62.0 Å². The van der Waals surface area contributed by atoms with Crippen LogP contribution in [-0.2, 0) is 0 Å². The van der Waals surface area contributed by atoms with Crippen molar-refractivity contribution < 1.29 is 5.11 Å². The summed E-state index contributed by atoms with van der Waals surface area (Å²) in [5, 5.41) is 9.16. The molecule has 0 spiro atoms. The van der Waals surface area contributed by atoms with Crippen molar-refractivity contribution in [3.63, 3.8) is 0 Å². The van der Waals surface area contributed by atoms with Crippen LogP contribution in [0.1, 0.15) is 18.0 Å². The Morgan fingerprint density at radius 1 is 1.73 bits per heavy atom. The zero-order valence-corrected chi connectivity index (χ0v) is 6.80. The van der Waals surface area contributed by atoms with Crippen LogP contribution in [-0.4, -0.2) is 16.7 Å². The van der Waals surface area contributed by atoms with E-state index in [-0.39, 0.29) is 12.6 Å². The number of rotatable bonds is 3. The Morgan fingerprint density at radius 3 is 2.91 bits per heavy atom. The van der Waals surface area contributed by atoms with Crippen molar-refractivity contribution in [2.24, 2.45) is 5.73 Å². The molecule has 0 radical (unpaired) electrons. The number of hydrogen-bond donors (Lipinski definition) is 3. The van der Waals surface area contributed by atoms with E-state index in [4.69, 9.17) is 22.4 Å². The Kier molecular flexibility index (Phi) is 2.93. The van der Waals surface area contributed by atoms with Gasteiger partial charge in [-0.15, -0.1) is 0 Å². The third-order valence-electron chi connectivity index (χ3n) is 1.54. The fraction of sp³-hybridized carbons (Fsp3) is 0.429. The average Bonchev–Trinajstić information content (AvgIpc) is 2.36. The first kappa shape index (κ1) is 8.59. The zero-order chi connectivity index (χ0) is 8.27. The smallest absolute Gasteiger partial charge is 0.106 e. The Bertz CT molecular complexity index is 224. The van der Waals surface area contributed by atoms with E-state index >= 15 is 0 Å². The van der Waals surface area contributed by atoms with Gasteiger partial charge in [-0.1, -0.05) is 11.6 Å². The van der Waals surface area contributed by atoms with Gasteiger partial charge in [0.25, 0.3) is 0 Å². The summed E-state index contributed by atoms with van der Waals surface area (Å²) in [7, 11) is 0. The molecule has 0 aliphatic rings. The van der Waals surface area contributed by atoms with Gasteiger partial charge in [0.2, 0.25) is 0 Å². The minimum Gasteiger partial charge on any atom is -0.396 e. The van der Waals surface area contributed by atoms with Gasteiger partial charge in [0.05, 0.1) is 0 Å². The van der Waals surface area contributed by atoms with Gasteiger partial charge in [-0.3, -0.25) is 0 Å². The second-order valence-corrected chi connectivity index (χ2v) is 2.81. The lowest BCUT2D eigenvalue weighted by Gasteiger charge is -2.05. The van der Waals surface area contributed by atoms with E-state index in [1.165, 1.54) is 0 Å². The molecule has 0 saturated heterocycles. The van der Waals surface area contributed by atoms with Gasteiger partial charge in [0.15, 0.2) is 0 Å². The molecule has 1 heterocycles. The monoisotopic (exact) mass is 174 g/mol. The van der Waals surface area contributed by atoms with Crippen molar-refractivity contribution in [2.45, 2.75) is 12.5 Å². The minimum absolute atomic E-state index is 0.101. The molecule has 1 unspecified atom stereocenters. The molecule has 0 aromatic carbocycles. The molecule has 0 aliphatic carbocycles. The maximum atomic E-state index is 8.58. The fourth-order valence-corrected chi connectivity index (χ4v) is 1.08. The van der Waals surface area contributed by atoms with Crippen LogP contribution in [0.25, 0.3) is 0 Å². The zero-order valence-electron chi connectivity index (χ0n) is 6.05. The van der Waals surface area contributed by atoms with Gasteiger partial charge >= 0.3 is 0 Å². The Hall–Kier alpha value is -0.510. The van der Waals surface area contributed by atoms with Crippen LogP contribution in [0.2, 0.25) is 5.15 Å². The van der Waals surface area contributed by atoms with Crippen molar-refractivity contribution in [3.05, 3.63) is 23.0 Å². The highest BCUT2D eigenvalue weighted by Crippen LogP contribution is 2.16. The number of nitrogens with two attached hydrogens (primary N) is 1. The largest absolute Gasteiger partial charge is 0.396 e. The fourth-order valence-electron chi connectivity index (χ4n) is 0.902. The molecule has 3 nitrogen and oxygen atoms in total. The summed E-state index contributed by atoms with van der Waals surface area (Å²) in [6.45, 7) is 0.101. The standard InChI is InChI=1S/C7H11ClN2O/c8-7-3-5(4-10-7)6(9)1-2-11/h3-4,6,10-11H,1-2,9H2. The van der Waals surface area contributed by atoms with Crippen LogP contribution >= 0.6 is 11.6 Å². The predicted octanol–water partition coefficient (Wildman–Crippen LogP) is 1.05. The molecule has 0 aliphatic heterocycles. The third-order valence-corrected chi connectivity index (χ3v) is 1.76. The summed E-state index contributed by atoms with van der Waals surface area (Å²) in [5.41, 5.74) is 6.61. The van der Waals surface area contributed by atoms with Crippen molar-refractivity contribution >= 4 is 11.6 Å². The van der Waals surface area contributed by atoms with Gasteiger partial charge in [-0.25, -0.2) is 0 Å². The Labute approximate surface area is 70.2 Å². The number of aromatic amines is 1. The number of aliphatic hydroxyl groups is 1. The molecule has 0 bridgehead atoms. The Morgan fingerprint density at radius 2 is 2.45 bits per heavy atom. The van der Waals surface area contributed by atoms with E-state index in [1.54, 1.807) is 12.3 Å². The molecule has 4 N–H and O–H groups in total. The van der Waals surface area contributed by atoms with Gasteiger partial charge in [-0.2, -0.15) is 0 Å². The highest BCUT2D eigenvalue weighted by Gasteiger charge is 2.05. The van der Waals surface area contributed by atoms with E-state index in [1.807, 2.05) is 0 Å². The molecule has 4 heteroatoms. The van der Waals surface area contributed by atoms with Crippen LogP contribution in [0.5, 0.6) is 0 Å². The first-order valence-electron chi connectivity index (χ1n) is 3.44. The first-order valence-corrected chi connectivity index (χ1v) is 3.82. The van der Waals surface area contributed by atoms with E-state index in [9.17, 15) is 0 Å². The normalized spacial score (nSPS) is 13.4. The lowest BCUT2D eigenvalue weighted by molar-refractivity contribution is 0.276. The number of H-pyrrole nitrogens is 1. The summed E-state index contributed by atoms with van der Waals surface area (Å²) >= 11 is 5.63. The maximum absolute atomic E-state index is 8.58. The number of nitrogens with one attached hydrogen (secondary N) is 1. The number of halogens is 1. The van der Waals surface area contributed by atoms with Crippen LogP contribution in [0.15, 0.2) is 12.3 Å². The molecule has 62 valence electrons. The van der Waals surface area contributed by atoms with E-state index in [0.29, 0.717) is 11.6 Å². The first-order chi connectivity index (χ1) is 5.24. The summed E-state index contributed by atoms with van der Waals surface area (Å²) in [5.74, 6) is 0. The van der Waals surface area contributed by atoms with Crippen LogP contribution in [0, 0.1) is 0 Å². The van der Waals surface area contributed by atoms with Crippen LogP contribution in [0.3, 0.4) is 0 Å². The molecule has 1 aromatic rings. The molecule has 0 saturated carbocycles. The summed E-state index contributed by atoms with van der Waals surface area (Å²) in [6.07, 6.45) is 2.32. The van der Waals surface area contributed by atoms with Gasteiger partial charge < -0.3 is 15.8 Å². The minimum atomic E-state index is -0.122. The lowest BCUT2D eigenvalue weighted by atomic mass is 10.1. The maximum Gasteiger partial charge on any atom is 0.106 e. The molecule has 0 fully saturated rings. The Balaban J connectivity index is 2.60. The molecule has 1 aromatic heterocycles. The number of aliphatic hydroxyl groups excluding tert-OH is 1. The SMILES string of the molecule is NC(CCO)c1c[nH]c(Cl)c1.